The van der Waals surface area contributed by atoms with E-state index in [2.05, 4.69) is 37.6 Å². The summed E-state index contributed by atoms with van der Waals surface area (Å²) in [5, 5.41) is 0. The van der Waals surface area contributed by atoms with E-state index in [0.29, 0.717) is 0 Å². The molecule has 0 atom stereocenters. The Balaban J connectivity index is 2.78. The first kappa shape index (κ1) is 10.5. The zero-order chi connectivity index (χ0) is 9.68. The van der Waals surface area contributed by atoms with Gasteiger partial charge in [0.25, 0.3) is 0 Å². The molecule has 0 saturated heterocycles. The van der Waals surface area contributed by atoms with Crippen LogP contribution in [0.1, 0.15) is 13.3 Å². The molecule has 1 aromatic carbocycles. The second kappa shape index (κ2) is 5.18. The molecule has 0 aliphatic heterocycles. The molecule has 0 aliphatic carbocycles. The standard InChI is InChI=1S/C11H17OS/c1-4-9-12-10-7-5-6-8-11(10)13(2)3/h5-8H,4,9H2,1-3H3/q+1. The van der Waals surface area contributed by atoms with Crippen LogP contribution in [0.15, 0.2) is 29.2 Å². The van der Waals surface area contributed by atoms with Gasteiger partial charge in [0.15, 0.2) is 10.6 Å². The minimum absolute atomic E-state index is 0.281. The van der Waals surface area contributed by atoms with Crippen LogP contribution in [-0.4, -0.2) is 19.1 Å². The van der Waals surface area contributed by atoms with E-state index in [1.54, 1.807) is 0 Å². The van der Waals surface area contributed by atoms with E-state index in [0.717, 1.165) is 18.8 Å². The molecule has 0 N–H and O–H groups in total. The molecule has 0 heterocycles. The monoisotopic (exact) mass is 197 g/mol. The molecule has 0 bridgehead atoms. The van der Waals surface area contributed by atoms with Gasteiger partial charge in [-0.1, -0.05) is 19.1 Å². The highest BCUT2D eigenvalue weighted by atomic mass is 32.2. The van der Waals surface area contributed by atoms with Crippen LogP contribution in [-0.2, 0) is 10.9 Å². The number of rotatable bonds is 4. The van der Waals surface area contributed by atoms with Crippen LogP contribution < -0.4 is 4.74 Å². The van der Waals surface area contributed by atoms with Crippen molar-refractivity contribution in [2.24, 2.45) is 0 Å². The summed E-state index contributed by atoms with van der Waals surface area (Å²) in [5.74, 6) is 1.05. The van der Waals surface area contributed by atoms with Gasteiger partial charge in [0.2, 0.25) is 0 Å². The van der Waals surface area contributed by atoms with E-state index in [1.807, 2.05) is 6.07 Å². The summed E-state index contributed by atoms with van der Waals surface area (Å²) in [5.41, 5.74) is 0. The summed E-state index contributed by atoms with van der Waals surface area (Å²) in [4.78, 5) is 1.33. The van der Waals surface area contributed by atoms with Crippen LogP contribution in [0.4, 0.5) is 0 Å². The minimum Gasteiger partial charge on any atom is -0.488 e. The molecule has 72 valence electrons. The Hall–Kier alpha value is -0.630. The lowest BCUT2D eigenvalue weighted by atomic mass is 10.3. The van der Waals surface area contributed by atoms with E-state index < -0.39 is 0 Å². The molecule has 0 radical (unpaired) electrons. The van der Waals surface area contributed by atoms with Gasteiger partial charge in [-0.05, 0) is 18.6 Å². The van der Waals surface area contributed by atoms with Gasteiger partial charge in [0, 0.05) is 10.9 Å². The van der Waals surface area contributed by atoms with Crippen LogP contribution in [0.5, 0.6) is 5.75 Å². The van der Waals surface area contributed by atoms with Gasteiger partial charge in [0.1, 0.15) is 12.5 Å². The van der Waals surface area contributed by atoms with Gasteiger partial charge >= 0.3 is 0 Å². The normalized spacial score (nSPS) is 10.5. The molecule has 13 heavy (non-hydrogen) atoms. The molecule has 0 saturated carbocycles. The Morgan fingerprint density at radius 1 is 1.23 bits per heavy atom. The van der Waals surface area contributed by atoms with E-state index in [9.17, 15) is 0 Å². The first-order chi connectivity index (χ1) is 6.25. The Morgan fingerprint density at radius 2 is 1.92 bits per heavy atom. The highest BCUT2D eigenvalue weighted by Crippen LogP contribution is 2.23. The van der Waals surface area contributed by atoms with E-state index in [-0.39, 0.29) is 10.9 Å². The maximum absolute atomic E-state index is 5.65. The van der Waals surface area contributed by atoms with Crippen molar-refractivity contribution in [1.82, 2.24) is 0 Å². The van der Waals surface area contributed by atoms with Crippen molar-refractivity contribution in [3.05, 3.63) is 24.3 Å². The average Bonchev–Trinajstić information content (AvgIpc) is 2.15. The smallest absolute Gasteiger partial charge is 0.196 e. The van der Waals surface area contributed by atoms with Gasteiger partial charge in [0.05, 0.1) is 6.61 Å². The van der Waals surface area contributed by atoms with Crippen LogP contribution in [0.3, 0.4) is 0 Å². The van der Waals surface area contributed by atoms with Gasteiger partial charge in [-0.15, -0.1) is 0 Å². The highest BCUT2D eigenvalue weighted by Gasteiger charge is 2.14. The minimum atomic E-state index is 0.281. The molecule has 2 heteroatoms. The number of ether oxygens (including phenoxy) is 1. The first-order valence-electron chi connectivity index (χ1n) is 4.55. The Labute approximate surface area is 83.5 Å². The molecular formula is C11H17OS+. The van der Waals surface area contributed by atoms with Gasteiger partial charge in [-0.2, -0.15) is 0 Å². The van der Waals surface area contributed by atoms with Gasteiger partial charge < -0.3 is 4.74 Å². The van der Waals surface area contributed by atoms with E-state index >= 15 is 0 Å². The quantitative estimate of drug-likeness (QED) is 0.674. The summed E-state index contributed by atoms with van der Waals surface area (Å²) in [6.07, 6.45) is 5.50. The number of hydrogen-bond acceptors (Lipinski definition) is 1. The van der Waals surface area contributed by atoms with Crippen molar-refractivity contribution < 1.29 is 4.74 Å². The van der Waals surface area contributed by atoms with Crippen molar-refractivity contribution in [2.45, 2.75) is 18.2 Å². The maximum atomic E-state index is 5.65. The largest absolute Gasteiger partial charge is 0.488 e. The molecule has 0 aromatic heterocycles. The molecule has 0 spiro atoms. The summed E-state index contributed by atoms with van der Waals surface area (Å²) in [6, 6.07) is 8.30. The third-order valence-electron chi connectivity index (χ3n) is 1.75. The predicted molar refractivity (Wildman–Crippen MR) is 59.7 cm³/mol. The Morgan fingerprint density at radius 3 is 2.54 bits per heavy atom. The fourth-order valence-electron chi connectivity index (χ4n) is 1.12. The third-order valence-corrected chi connectivity index (χ3v) is 2.97. The van der Waals surface area contributed by atoms with Crippen molar-refractivity contribution in [2.75, 3.05) is 19.1 Å². The molecule has 0 unspecified atom stereocenters. The fourth-order valence-corrected chi connectivity index (χ4v) is 2.00. The zero-order valence-electron chi connectivity index (χ0n) is 8.54. The maximum Gasteiger partial charge on any atom is 0.196 e. The van der Waals surface area contributed by atoms with Crippen LogP contribution >= 0.6 is 0 Å². The van der Waals surface area contributed by atoms with E-state index in [1.165, 1.54) is 4.90 Å². The average molecular weight is 197 g/mol. The summed E-state index contributed by atoms with van der Waals surface area (Å²) >= 11 is 0. The molecule has 1 rings (SSSR count). The first-order valence-corrected chi connectivity index (χ1v) is 6.59. The Kier molecular flexibility index (Phi) is 4.16. The molecule has 0 aliphatic rings. The molecule has 1 aromatic rings. The molecule has 0 amide bonds. The SMILES string of the molecule is CCCOc1ccccc1[S+](C)C. The van der Waals surface area contributed by atoms with Crippen molar-refractivity contribution >= 4 is 10.9 Å². The number of para-hydroxylation sites is 1. The third kappa shape index (κ3) is 2.96. The van der Waals surface area contributed by atoms with Crippen LogP contribution in [0, 0.1) is 0 Å². The second-order valence-corrected chi connectivity index (χ2v) is 5.18. The lowest BCUT2D eigenvalue weighted by Gasteiger charge is -2.06. The number of hydrogen-bond donors (Lipinski definition) is 0. The zero-order valence-corrected chi connectivity index (χ0v) is 9.36. The molecule has 0 fully saturated rings. The summed E-state index contributed by atoms with van der Waals surface area (Å²) < 4.78 is 5.65. The topological polar surface area (TPSA) is 9.23 Å². The van der Waals surface area contributed by atoms with Crippen molar-refractivity contribution in [3.63, 3.8) is 0 Å². The van der Waals surface area contributed by atoms with Crippen LogP contribution in [0.25, 0.3) is 0 Å². The predicted octanol–water partition coefficient (Wildman–Crippen LogP) is 2.71. The van der Waals surface area contributed by atoms with Gasteiger partial charge in [-0.25, -0.2) is 0 Å². The molecular weight excluding hydrogens is 180 g/mol. The second-order valence-electron chi connectivity index (χ2n) is 3.11. The lowest BCUT2D eigenvalue weighted by Crippen LogP contribution is -2.02. The van der Waals surface area contributed by atoms with Crippen molar-refractivity contribution in [3.8, 4) is 5.75 Å². The number of benzene rings is 1. The lowest BCUT2D eigenvalue weighted by molar-refractivity contribution is 0.310. The van der Waals surface area contributed by atoms with Gasteiger partial charge in [-0.3, -0.25) is 0 Å². The highest BCUT2D eigenvalue weighted by molar-refractivity contribution is 7.95. The van der Waals surface area contributed by atoms with Crippen molar-refractivity contribution in [1.29, 1.82) is 0 Å². The summed E-state index contributed by atoms with van der Waals surface area (Å²) in [7, 11) is 0.281. The van der Waals surface area contributed by atoms with Crippen LogP contribution in [0.2, 0.25) is 0 Å². The fraction of sp³-hybridized carbons (Fsp3) is 0.455. The molecule has 1 nitrogen and oxygen atoms in total. The summed E-state index contributed by atoms with van der Waals surface area (Å²) in [6.45, 7) is 2.94. The van der Waals surface area contributed by atoms with E-state index in [4.69, 9.17) is 4.74 Å². The Bertz CT molecular complexity index is 258.